The molecule has 0 radical (unpaired) electrons. The first-order valence-corrected chi connectivity index (χ1v) is 19.6. The molecule has 0 aliphatic carbocycles. The van der Waals surface area contributed by atoms with Crippen LogP contribution in [-0.2, 0) is 23.7 Å². The molecule has 0 saturated carbocycles. The van der Waals surface area contributed by atoms with Gasteiger partial charge in [-0.15, -0.1) is 0 Å². The Kier molecular flexibility index (Phi) is 14.2. The summed E-state index contributed by atoms with van der Waals surface area (Å²) in [6.07, 6.45) is 5.34. The molecular formula is C36H50O10Si. The highest BCUT2D eigenvalue weighted by Crippen LogP contribution is 2.35. The summed E-state index contributed by atoms with van der Waals surface area (Å²) in [7, 11) is 1.60. The van der Waals surface area contributed by atoms with Crippen LogP contribution in [0.2, 0.25) is 25.7 Å². The molecule has 0 spiro atoms. The van der Waals surface area contributed by atoms with Crippen molar-refractivity contribution in [3.8, 4) is 11.5 Å². The van der Waals surface area contributed by atoms with Crippen LogP contribution in [0.3, 0.4) is 0 Å². The predicted molar refractivity (Wildman–Crippen MR) is 182 cm³/mol. The fraction of sp³-hybridized carbons (Fsp3) is 0.500. The summed E-state index contributed by atoms with van der Waals surface area (Å²) >= 11 is 0. The molecule has 0 bridgehead atoms. The maximum absolute atomic E-state index is 13.4. The summed E-state index contributed by atoms with van der Waals surface area (Å²) in [5.41, 5.74) is 1.20. The van der Waals surface area contributed by atoms with Crippen molar-refractivity contribution in [3.05, 3.63) is 77.4 Å². The summed E-state index contributed by atoms with van der Waals surface area (Å²) in [4.78, 5) is 26.5. The van der Waals surface area contributed by atoms with Crippen LogP contribution in [0, 0.1) is 0 Å². The molecule has 258 valence electrons. The summed E-state index contributed by atoms with van der Waals surface area (Å²) < 4.78 is 40.6. The predicted octanol–water partition coefficient (Wildman–Crippen LogP) is 6.65. The minimum atomic E-state index is -1.43. The maximum Gasteiger partial charge on any atom is 0.342 e. The Hall–Kier alpha value is -3.48. The zero-order valence-electron chi connectivity index (χ0n) is 28.8. The van der Waals surface area contributed by atoms with Crippen LogP contribution in [0.5, 0.6) is 11.5 Å². The van der Waals surface area contributed by atoms with Gasteiger partial charge in [-0.3, -0.25) is 0 Å². The third-order valence-corrected chi connectivity index (χ3v) is 8.93. The first-order valence-electron chi connectivity index (χ1n) is 15.9. The Morgan fingerprint density at radius 2 is 1.77 bits per heavy atom. The van der Waals surface area contributed by atoms with Crippen LogP contribution >= 0.6 is 0 Å². The van der Waals surface area contributed by atoms with E-state index >= 15 is 0 Å². The molecule has 1 saturated heterocycles. The zero-order chi connectivity index (χ0) is 34.6. The highest BCUT2D eigenvalue weighted by atomic mass is 28.3. The van der Waals surface area contributed by atoms with E-state index in [0.717, 1.165) is 6.04 Å². The van der Waals surface area contributed by atoms with Gasteiger partial charge in [0.2, 0.25) is 0 Å². The molecule has 1 aliphatic rings. The molecule has 47 heavy (non-hydrogen) atoms. The Balaban J connectivity index is 1.92. The number of hydrogen-bond acceptors (Lipinski definition) is 10. The SMILES string of the molecule is COCOc1cc(OC)cc(/C=C/C[C@@H]2OC(C)(C)OC2C(/C=C\CC(C)O)OC(=O)c2ccccc2)c1C(=O)OCC[Si](C)(C)C. The van der Waals surface area contributed by atoms with Gasteiger partial charge >= 0.3 is 11.9 Å². The van der Waals surface area contributed by atoms with Crippen molar-refractivity contribution >= 4 is 26.1 Å². The molecule has 0 aromatic heterocycles. The van der Waals surface area contributed by atoms with E-state index in [0.29, 0.717) is 36.3 Å². The van der Waals surface area contributed by atoms with Gasteiger partial charge in [-0.25, -0.2) is 9.59 Å². The highest BCUT2D eigenvalue weighted by molar-refractivity contribution is 6.76. The van der Waals surface area contributed by atoms with Crippen molar-refractivity contribution in [1.29, 1.82) is 0 Å². The molecule has 2 aromatic carbocycles. The fourth-order valence-electron chi connectivity index (χ4n) is 4.88. The Bertz CT molecular complexity index is 1360. The topological polar surface area (TPSA) is 119 Å². The van der Waals surface area contributed by atoms with E-state index < -0.39 is 50.2 Å². The number of aliphatic hydroxyl groups is 1. The van der Waals surface area contributed by atoms with Crippen LogP contribution in [0.4, 0.5) is 0 Å². The van der Waals surface area contributed by atoms with Crippen molar-refractivity contribution in [2.75, 3.05) is 27.6 Å². The van der Waals surface area contributed by atoms with E-state index in [1.165, 1.54) is 14.2 Å². The third-order valence-electron chi connectivity index (χ3n) is 7.23. The van der Waals surface area contributed by atoms with Crippen LogP contribution in [-0.4, -0.2) is 82.9 Å². The van der Waals surface area contributed by atoms with E-state index in [1.54, 1.807) is 75.4 Å². The highest BCUT2D eigenvalue weighted by Gasteiger charge is 2.45. The van der Waals surface area contributed by atoms with Crippen LogP contribution in [0.15, 0.2) is 60.7 Å². The second kappa shape index (κ2) is 17.6. The van der Waals surface area contributed by atoms with E-state index in [-0.39, 0.29) is 18.1 Å². The van der Waals surface area contributed by atoms with Crippen LogP contribution < -0.4 is 9.47 Å². The van der Waals surface area contributed by atoms with E-state index in [2.05, 4.69) is 19.6 Å². The van der Waals surface area contributed by atoms with Gasteiger partial charge in [0.1, 0.15) is 29.3 Å². The number of carbonyl (C=O) groups is 2. The minimum absolute atomic E-state index is 0.0683. The van der Waals surface area contributed by atoms with E-state index in [4.69, 9.17) is 33.2 Å². The van der Waals surface area contributed by atoms with Crippen molar-refractivity contribution < 1.29 is 47.9 Å². The lowest BCUT2D eigenvalue weighted by Gasteiger charge is -2.24. The normalized spacial score (nSPS) is 19.1. The molecule has 0 amide bonds. The van der Waals surface area contributed by atoms with Crippen molar-refractivity contribution in [1.82, 2.24) is 0 Å². The molecule has 1 aliphatic heterocycles. The molecule has 1 N–H and O–H groups in total. The lowest BCUT2D eigenvalue weighted by molar-refractivity contribution is -0.152. The molecule has 11 heteroatoms. The number of aliphatic hydroxyl groups excluding tert-OH is 1. The molecule has 3 unspecified atom stereocenters. The molecule has 1 fully saturated rings. The molecule has 3 rings (SSSR count). The molecule has 4 atom stereocenters. The number of esters is 2. The van der Waals surface area contributed by atoms with Gasteiger partial charge in [-0.2, -0.15) is 0 Å². The van der Waals surface area contributed by atoms with Gasteiger partial charge in [0, 0.05) is 21.3 Å². The Morgan fingerprint density at radius 3 is 2.40 bits per heavy atom. The van der Waals surface area contributed by atoms with E-state index in [1.807, 2.05) is 12.1 Å². The van der Waals surface area contributed by atoms with Gasteiger partial charge in [0.05, 0.1) is 31.5 Å². The van der Waals surface area contributed by atoms with Crippen LogP contribution in [0.1, 0.15) is 59.9 Å². The van der Waals surface area contributed by atoms with Gasteiger partial charge in [0.25, 0.3) is 0 Å². The van der Waals surface area contributed by atoms with Crippen molar-refractivity contribution in [2.45, 2.75) is 89.5 Å². The quantitative estimate of drug-likeness (QED) is 0.0848. The number of methoxy groups -OCH3 is 2. The van der Waals surface area contributed by atoms with Crippen molar-refractivity contribution in [3.63, 3.8) is 0 Å². The minimum Gasteiger partial charge on any atom is -0.497 e. The number of rotatable bonds is 17. The second-order valence-electron chi connectivity index (χ2n) is 13.1. The van der Waals surface area contributed by atoms with Gasteiger partial charge in [-0.05, 0) is 69.5 Å². The lowest BCUT2D eigenvalue weighted by Crippen LogP contribution is -2.37. The summed E-state index contributed by atoms with van der Waals surface area (Å²) in [6.45, 7) is 12.2. The van der Waals surface area contributed by atoms with Crippen LogP contribution in [0.25, 0.3) is 6.08 Å². The maximum atomic E-state index is 13.4. The van der Waals surface area contributed by atoms with Gasteiger partial charge in [0.15, 0.2) is 12.6 Å². The van der Waals surface area contributed by atoms with Crippen molar-refractivity contribution in [2.24, 2.45) is 0 Å². The molecule has 2 aromatic rings. The van der Waals surface area contributed by atoms with E-state index in [9.17, 15) is 14.7 Å². The average Bonchev–Trinajstić information content (AvgIpc) is 3.32. The lowest BCUT2D eigenvalue weighted by atomic mass is 10.0. The number of hydrogen-bond donors (Lipinski definition) is 1. The molecule has 10 nitrogen and oxygen atoms in total. The molecule has 1 heterocycles. The Labute approximate surface area is 279 Å². The average molecular weight is 671 g/mol. The standard InChI is InChI=1S/C36H50O10Si/c1-25(37)14-12-18-29(44-34(38)26-15-10-9-11-16-26)33-30(45-36(2,3)46-33)19-13-17-27-22-28(41-5)23-31(43-24-40-4)32(27)35(39)42-20-21-47(6,7)8/h9-13,15-18,22-23,25,29-30,33,37H,14,19-21,24H2,1-8H3/b17-13+,18-12-/t25?,29?,30-,33?/m0/s1. The fourth-order valence-corrected chi connectivity index (χ4v) is 5.60. The van der Waals surface area contributed by atoms with Gasteiger partial charge < -0.3 is 38.3 Å². The second-order valence-corrected chi connectivity index (χ2v) is 18.7. The number of carbonyl (C=O) groups excluding carboxylic acids is 2. The number of ether oxygens (including phenoxy) is 7. The monoisotopic (exact) mass is 670 g/mol. The Morgan fingerprint density at radius 1 is 1.04 bits per heavy atom. The third kappa shape index (κ3) is 12.2. The zero-order valence-corrected chi connectivity index (χ0v) is 29.8. The first kappa shape index (κ1) is 38.0. The first-order chi connectivity index (χ1) is 22.2. The van der Waals surface area contributed by atoms with Gasteiger partial charge in [-0.1, -0.05) is 56.1 Å². The summed E-state index contributed by atoms with van der Waals surface area (Å²) in [5.74, 6) is -1.20. The largest absolute Gasteiger partial charge is 0.497 e. The summed E-state index contributed by atoms with van der Waals surface area (Å²) in [5, 5.41) is 9.82. The summed E-state index contributed by atoms with van der Waals surface area (Å²) in [6, 6.07) is 12.9. The smallest absolute Gasteiger partial charge is 0.342 e. The molecular weight excluding hydrogens is 620 g/mol. The number of benzene rings is 2.